The Morgan fingerprint density at radius 1 is 1.12 bits per heavy atom. The molecule has 6 nitrogen and oxygen atoms in total. The molecule has 1 aromatic rings. The summed E-state index contributed by atoms with van der Waals surface area (Å²) in [4.78, 5) is 12.6. The molecule has 0 aliphatic heterocycles. The molecule has 0 amide bonds. The molecule has 1 rings (SSSR count). The van der Waals surface area contributed by atoms with E-state index >= 15 is 0 Å². The predicted molar refractivity (Wildman–Crippen MR) is 98.0 cm³/mol. The molecule has 0 bridgehead atoms. The minimum Gasteiger partial charge on any atom is -0.496 e. The van der Waals surface area contributed by atoms with Crippen LogP contribution >= 0.6 is 0 Å². The number of aliphatic hydroxyl groups excluding tert-OH is 1. The van der Waals surface area contributed by atoms with E-state index in [0.717, 1.165) is 0 Å². The maximum atomic E-state index is 12.6. The van der Waals surface area contributed by atoms with Gasteiger partial charge in [0.1, 0.15) is 35.5 Å². The summed E-state index contributed by atoms with van der Waals surface area (Å²) in [6.07, 6.45) is -0.302. The second-order valence-electron chi connectivity index (χ2n) is 6.75. The largest absolute Gasteiger partial charge is 0.496 e. The molecule has 0 fully saturated rings. The van der Waals surface area contributed by atoms with Crippen molar-refractivity contribution in [3.05, 3.63) is 17.7 Å². The number of rotatable bonds is 11. The lowest BCUT2D eigenvalue weighted by Gasteiger charge is -2.19. The lowest BCUT2D eigenvalue weighted by atomic mass is 9.99. The van der Waals surface area contributed by atoms with Gasteiger partial charge in [0.05, 0.1) is 14.2 Å². The fourth-order valence-electron chi connectivity index (χ4n) is 2.32. The number of ketones is 1. The summed E-state index contributed by atoms with van der Waals surface area (Å²) in [7, 11) is 3.04. The first kappa shape index (κ1) is 21.3. The van der Waals surface area contributed by atoms with Crippen LogP contribution in [0.25, 0.3) is 0 Å². The Kier molecular flexibility index (Phi) is 8.72. The van der Waals surface area contributed by atoms with Gasteiger partial charge in [-0.25, -0.2) is 0 Å². The number of carbonyl (C=O) groups is 1. The van der Waals surface area contributed by atoms with Gasteiger partial charge in [-0.15, -0.1) is 0 Å². The van der Waals surface area contributed by atoms with E-state index in [1.54, 1.807) is 12.1 Å². The monoisotopic (exact) mass is 353 g/mol. The third kappa shape index (κ3) is 6.92. The molecule has 0 aliphatic rings. The van der Waals surface area contributed by atoms with Gasteiger partial charge in [0.25, 0.3) is 0 Å². The van der Waals surface area contributed by atoms with E-state index in [-0.39, 0.29) is 24.3 Å². The number of benzene rings is 1. The maximum absolute atomic E-state index is 12.6. The molecule has 0 saturated heterocycles. The van der Waals surface area contributed by atoms with Gasteiger partial charge in [0.2, 0.25) is 0 Å². The minimum absolute atomic E-state index is 0.0562. The number of hydrogen-bond acceptors (Lipinski definition) is 6. The van der Waals surface area contributed by atoms with Crippen molar-refractivity contribution < 1.29 is 24.1 Å². The molecule has 1 atom stereocenters. The molecular weight excluding hydrogens is 322 g/mol. The number of carbonyl (C=O) groups excluding carboxylic acids is 1. The molecule has 0 unspecified atom stereocenters. The molecule has 0 heterocycles. The minimum atomic E-state index is -0.687. The van der Waals surface area contributed by atoms with E-state index in [0.29, 0.717) is 35.8 Å². The van der Waals surface area contributed by atoms with Crippen LogP contribution in [0.4, 0.5) is 0 Å². The number of ether oxygens (including phenoxy) is 3. The molecular formula is C19H31NO5. The zero-order chi connectivity index (χ0) is 19.0. The van der Waals surface area contributed by atoms with Gasteiger partial charge in [-0.2, -0.15) is 0 Å². The van der Waals surface area contributed by atoms with Gasteiger partial charge in [0.15, 0.2) is 5.78 Å². The van der Waals surface area contributed by atoms with E-state index in [9.17, 15) is 9.90 Å². The molecule has 0 radical (unpaired) electrons. The van der Waals surface area contributed by atoms with Crippen LogP contribution in [-0.2, 0) is 0 Å². The van der Waals surface area contributed by atoms with Crippen LogP contribution in [0.15, 0.2) is 12.1 Å². The Bertz CT molecular complexity index is 557. The summed E-state index contributed by atoms with van der Waals surface area (Å²) in [6, 6.07) is 3.59. The van der Waals surface area contributed by atoms with Crippen molar-refractivity contribution in [2.45, 2.75) is 46.3 Å². The number of aliphatic hydroxyl groups is 1. The second-order valence-corrected chi connectivity index (χ2v) is 6.75. The molecule has 1 aromatic carbocycles. The van der Waals surface area contributed by atoms with Crippen molar-refractivity contribution in [3.63, 3.8) is 0 Å². The molecule has 0 aromatic heterocycles. The van der Waals surface area contributed by atoms with Gasteiger partial charge < -0.3 is 24.6 Å². The summed E-state index contributed by atoms with van der Waals surface area (Å²) in [5, 5.41) is 13.2. The van der Waals surface area contributed by atoms with Crippen LogP contribution in [0.3, 0.4) is 0 Å². The number of hydrogen-bond donors (Lipinski definition) is 2. The van der Waals surface area contributed by atoms with E-state index < -0.39 is 6.10 Å². The Balaban J connectivity index is 3.03. The SMILES string of the molecule is COc1cc(OC)c(C(=O)CC(C)C)c(OC[C@H](O)CNC(C)C)c1. The Morgan fingerprint density at radius 3 is 2.28 bits per heavy atom. The molecule has 0 aliphatic carbocycles. The van der Waals surface area contributed by atoms with E-state index in [1.165, 1.54) is 14.2 Å². The number of methoxy groups -OCH3 is 2. The Labute approximate surface area is 150 Å². The average molecular weight is 353 g/mol. The fraction of sp³-hybridized carbons (Fsp3) is 0.632. The highest BCUT2D eigenvalue weighted by Crippen LogP contribution is 2.35. The zero-order valence-electron chi connectivity index (χ0n) is 16.1. The van der Waals surface area contributed by atoms with E-state index in [4.69, 9.17) is 14.2 Å². The lowest BCUT2D eigenvalue weighted by Crippen LogP contribution is -2.35. The molecule has 0 saturated carbocycles. The first-order valence-corrected chi connectivity index (χ1v) is 8.61. The number of Topliss-reactive ketones (excluding diaryl/α,β-unsaturated/α-hetero) is 1. The molecule has 6 heteroatoms. The van der Waals surface area contributed by atoms with Crippen molar-refractivity contribution in [1.82, 2.24) is 5.32 Å². The first-order chi connectivity index (χ1) is 11.8. The van der Waals surface area contributed by atoms with Crippen LogP contribution in [-0.4, -0.2) is 50.4 Å². The van der Waals surface area contributed by atoms with E-state index in [1.807, 2.05) is 27.7 Å². The Morgan fingerprint density at radius 2 is 1.76 bits per heavy atom. The van der Waals surface area contributed by atoms with Crippen LogP contribution in [0.1, 0.15) is 44.5 Å². The topological polar surface area (TPSA) is 77.0 Å². The molecule has 0 spiro atoms. The van der Waals surface area contributed by atoms with Crippen LogP contribution in [0.2, 0.25) is 0 Å². The summed E-state index contributed by atoms with van der Waals surface area (Å²) < 4.78 is 16.4. The van der Waals surface area contributed by atoms with Crippen LogP contribution < -0.4 is 19.5 Å². The summed E-state index contributed by atoms with van der Waals surface area (Å²) in [5.74, 6) is 1.47. The second kappa shape index (κ2) is 10.3. The molecule has 142 valence electrons. The smallest absolute Gasteiger partial charge is 0.170 e. The van der Waals surface area contributed by atoms with Gasteiger partial charge >= 0.3 is 0 Å². The fourth-order valence-corrected chi connectivity index (χ4v) is 2.32. The van der Waals surface area contributed by atoms with Gasteiger partial charge in [-0.3, -0.25) is 4.79 Å². The standard InChI is InChI=1S/C19H31NO5/c1-12(2)7-16(22)19-17(24-6)8-15(23-5)9-18(19)25-11-14(21)10-20-13(3)4/h8-9,12-14,20-21H,7,10-11H2,1-6H3/t14-/m1/s1. The van der Waals surface area contributed by atoms with Crippen LogP contribution in [0.5, 0.6) is 17.2 Å². The van der Waals surface area contributed by atoms with Crippen molar-refractivity contribution in [2.75, 3.05) is 27.4 Å². The third-order valence-electron chi connectivity index (χ3n) is 3.56. The van der Waals surface area contributed by atoms with Crippen molar-refractivity contribution in [1.29, 1.82) is 0 Å². The maximum Gasteiger partial charge on any atom is 0.170 e. The van der Waals surface area contributed by atoms with Gasteiger partial charge in [-0.1, -0.05) is 27.7 Å². The third-order valence-corrected chi connectivity index (χ3v) is 3.56. The lowest BCUT2D eigenvalue weighted by molar-refractivity contribution is 0.0929. The normalized spacial score (nSPS) is 12.4. The number of nitrogens with one attached hydrogen (secondary N) is 1. The molecule has 2 N–H and O–H groups in total. The van der Waals surface area contributed by atoms with E-state index in [2.05, 4.69) is 5.32 Å². The summed E-state index contributed by atoms with van der Waals surface area (Å²) in [5.41, 5.74) is 0.390. The molecule has 25 heavy (non-hydrogen) atoms. The Hall–Kier alpha value is -1.79. The van der Waals surface area contributed by atoms with Gasteiger partial charge in [0, 0.05) is 31.1 Å². The quantitative estimate of drug-likeness (QED) is 0.596. The highest BCUT2D eigenvalue weighted by Gasteiger charge is 2.22. The summed E-state index contributed by atoms with van der Waals surface area (Å²) >= 11 is 0. The zero-order valence-corrected chi connectivity index (χ0v) is 16.1. The first-order valence-electron chi connectivity index (χ1n) is 8.61. The highest BCUT2D eigenvalue weighted by molar-refractivity contribution is 6.01. The highest BCUT2D eigenvalue weighted by atomic mass is 16.5. The van der Waals surface area contributed by atoms with Crippen molar-refractivity contribution >= 4 is 5.78 Å². The van der Waals surface area contributed by atoms with Gasteiger partial charge in [-0.05, 0) is 5.92 Å². The van der Waals surface area contributed by atoms with Crippen molar-refractivity contribution in [2.24, 2.45) is 5.92 Å². The average Bonchev–Trinajstić information content (AvgIpc) is 2.56. The predicted octanol–water partition coefficient (Wildman–Crippen LogP) is 2.67. The summed E-state index contributed by atoms with van der Waals surface area (Å²) in [6.45, 7) is 8.45. The van der Waals surface area contributed by atoms with Crippen molar-refractivity contribution in [3.8, 4) is 17.2 Å². The van der Waals surface area contributed by atoms with Crippen LogP contribution in [0, 0.1) is 5.92 Å².